The fourth-order valence-corrected chi connectivity index (χ4v) is 3.34. The molecular formula is C15H18BrNO3. The van der Waals surface area contributed by atoms with E-state index in [0.29, 0.717) is 0 Å². The number of likely N-dealkylation sites (tertiary alicyclic amines) is 1. The summed E-state index contributed by atoms with van der Waals surface area (Å²) in [5.74, 6) is -1.74. The third kappa shape index (κ3) is 2.59. The number of hydrogen-bond acceptors (Lipinski definition) is 2. The molecule has 1 saturated heterocycles. The minimum absolute atomic E-state index is 0.0542. The second kappa shape index (κ2) is 5.20. The predicted octanol–water partition coefficient (Wildman–Crippen LogP) is 3.22. The van der Waals surface area contributed by atoms with Gasteiger partial charge in [0.25, 0.3) is 0 Å². The lowest BCUT2D eigenvalue weighted by molar-refractivity contribution is -0.142. The molecule has 108 valence electrons. The first kappa shape index (κ1) is 15.0. The third-order valence-corrected chi connectivity index (χ3v) is 4.31. The number of benzene rings is 1. The average molecular weight is 340 g/mol. The molecule has 0 saturated carbocycles. The predicted molar refractivity (Wildman–Crippen MR) is 79.2 cm³/mol. The van der Waals surface area contributed by atoms with Crippen molar-refractivity contribution in [1.29, 1.82) is 0 Å². The van der Waals surface area contributed by atoms with Crippen LogP contribution in [-0.2, 0) is 9.59 Å². The summed E-state index contributed by atoms with van der Waals surface area (Å²) in [7, 11) is 0. The largest absolute Gasteiger partial charge is 0.481 e. The van der Waals surface area contributed by atoms with Gasteiger partial charge in [0, 0.05) is 16.4 Å². The Morgan fingerprint density at radius 1 is 1.35 bits per heavy atom. The molecule has 0 aliphatic carbocycles. The molecule has 4 nitrogen and oxygen atoms in total. The topological polar surface area (TPSA) is 57.6 Å². The van der Waals surface area contributed by atoms with E-state index in [1.807, 2.05) is 45.0 Å². The molecule has 0 radical (unpaired) electrons. The smallest absolute Gasteiger partial charge is 0.309 e. The van der Waals surface area contributed by atoms with Crippen molar-refractivity contribution in [1.82, 2.24) is 4.90 Å². The van der Waals surface area contributed by atoms with Crippen LogP contribution in [0.2, 0.25) is 0 Å². The highest BCUT2D eigenvalue weighted by Gasteiger charge is 2.49. The van der Waals surface area contributed by atoms with Crippen LogP contribution in [-0.4, -0.2) is 27.4 Å². The van der Waals surface area contributed by atoms with Crippen molar-refractivity contribution in [3.8, 4) is 0 Å². The molecule has 1 aromatic carbocycles. The van der Waals surface area contributed by atoms with E-state index in [1.54, 1.807) is 4.90 Å². The van der Waals surface area contributed by atoms with Crippen LogP contribution in [0.1, 0.15) is 38.8 Å². The van der Waals surface area contributed by atoms with Crippen LogP contribution >= 0.6 is 15.9 Å². The number of carboxylic acids is 1. The van der Waals surface area contributed by atoms with Gasteiger partial charge in [0.15, 0.2) is 0 Å². The molecule has 2 rings (SSSR count). The number of nitrogens with zero attached hydrogens (tertiary/aromatic N) is 1. The van der Waals surface area contributed by atoms with E-state index in [2.05, 4.69) is 15.9 Å². The van der Waals surface area contributed by atoms with Gasteiger partial charge in [-0.1, -0.05) is 34.1 Å². The molecule has 1 fully saturated rings. The molecule has 1 amide bonds. The van der Waals surface area contributed by atoms with Gasteiger partial charge < -0.3 is 10.0 Å². The molecular weight excluding hydrogens is 322 g/mol. The van der Waals surface area contributed by atoms with E-state index in [1.165, 1.54) is 0 Å². The summed E-state index contributed by atoms with van der Waals surface area (Å²) in [5, 5.41) is 9.44. The van der Waals surface area contributed by atoms with Crippen LogP contribution in [0.5, 0.6) is 0 Å². The number of halogens is 1. The van der Waals surface area contributed by atoms with Gasteiger partial charge in [0.05, 0.1) is 12.0 Å². The molecule has 0 aromatic heterocycles. The second-order valence-electron chi connectivity index (χ2n) is 6.05. The first-order valence-electron chi connectivity index (χ1n) is 6.53. The number of carbonyl (C=O) groups is 2. The van der Waals surface area contributed by atoms with Crippen molar-refractivity contribution in [3.63, 3.8) is 0 Å². The molecule has 0 bridgehead atoms. The molecule has 1 aliphatic rings. The van der Waals surface area contributed by atoms with E-state index >= 15 is 0 Å². The summed E-state index contributed by atoms with van der Waals surface area (Å²) in [6.45, 7) is 5.79. The van der Waals surface area contributed by atoms with Gasteiger partial charge in [-0.25, -0.2) is 0 Å². The lowest BCUT2D eigenvalue weighted by Crippen LogP contribution is -2.44. The summed E-state index contributed by atoms with van der Waals surface area (Å²) in [4.78, 5) is 25.5. The maximum atomic E-state index is 12.3. The standard InChI is InChI=1S/C15H18BrNO3/c1-15(2,3)17-12(18)8-10(14(19)20)13(17)9-6-4-5-7-11(9)16/h4-7,10,13H,8H2,1-3H3,(H,19,20). The lowest BCUT2D eigenvalue weighted by atomic mass is 9.92. The van der Waals surface area contributed by atoms with E-state index in [0.717, 1.165) is 10.0 Å². The number of carboxylic acid groups (broad SMARTS) is 1. The molecule has 1 aliphatic heterocycles. The Morgan fingerprint density at radius 3 is 2.45 bits per heavy atom. The minimum atomic E-state index is -0.925. The Bertz CT molecular complexity index is 550. The fourth-order valence-electron chi connectivity index (χ4n) is 2.82. The maximum absolute atomic E-state index is 12.3. The van der Waals surface area contributed by atoms with Gasteiger partial charge in [-0.2, -0.15) is 0 Å². The van der Waals surface area contributed by atoms with Crippen molar-refractivity contribution >= 4 is 27.8 Å². The second-order valence-corrected chi connectivity index (χ2v) is 6.90. The molecule has 5 heteroatoms. The quantitative estimate of drug-likeness (QED) is 0.899. The third-order valence-electron chi connectivity index (χ3n) is 3.59. The van der Waals surface area contributed by atoms with Gasteiger partial charge in [0.1, 0.15) is 0 Å². The monoisotopic (exact) mass is 339 g/mol. The van der Waals surface area contributed by atoms with E-state index in [9.17, 15) is 14.7 Å². The lowest BCUT2D eigenvalue weighted by Gasteiger charge is -2.38. The van der Waals surface area contributed by atoms with Gasteiger partial charge in [0.2, 0.25) is 5.91 Å². The van der Waals surface area contributed by atoms with Gasteiger partial charge in [-0.3, -0.25) is 9.59 Å². The first-order valence-corrected chi connectivity index (χ1v) is 7.32. The molecule has 20 heavy (non-hydrogen) atoms. The van der Waals surface area contributed by atoms with Crippen LogP contribution in [0, 0.1) is 5.92 Å². The zero-order chi connectivity index (χ0) is 15.1. The number of rotatable bonds is 2. The average Bonchev–Trinajstić information content (AvgIpc) is 2.67. The van der Waals surface area contributed by atoms with Crippen LogP contribution in [0.25, 0.3) is 0 Å². The summed E-state index contributed by atoms with van der Waals surface area (Å²) < 4.78 is 0.834. The zero-order valence-corrected chi connectivity index (χ0v) is 13.3. The van der Waals surface area contributed by atoms with Gasteiger partial charge in [-0.05, 0) is 32.4 Å². The Kier molecular flexibility index (Phi) is 3.91. The van der Waals surface area contributed by atoms with Crippen molar-refractivity contribution < 1.29 is 14.7 Å². The van der Waals surface area contributed by atoms with Crippen LogP contribution < -0.4 is 0 Å². The molecule has 2 unspecified atom stereocenters. The molecule has 0 spiro atoms. The van der Waals surface area contributed by atoms with Gasteiger partial charge >= 0.3 is 5.97 Å². The number of amides is 1. The number of aliphatic carboxylic acids is 1. The Balaban J connectivity index is 2.55. The van der Waals surface area contributed by atoms with Crippen molar-refractivity contribution in [2.24, 2.45) is 5.92 Å². The molecule has 1 aromatic rings. The molecule has 2 atom stereocenters. The summed E-state index contributed by atoms with van der Waals surface area (Å²) in [6.07, 6.45) is 0.0542. The molecule has 1 heterocycles. The highest BCUT2D eigenvalue weighted by Crippen LogP contribution is 2.44. The normalized spacial score (nSPS) is 23.2. The zero-order valence-electron chi connectivity index (χ0n) is 11.8. The van der Waals surface area contributed by atoms with Crippen LogP contribution in [0.4, 0.5) is 0 Å². The number of hydrogen-bond donors (Lipinski definition) is 1. The van der Waals surface area contributed by atoms with E-state index < -0.39 is 23.5 Å². The summed E-state index contributed by atoms with van der Waals surface area (Å²) in [6, 6.07) is 7.06. The van der Waals surface area contributed by atoms with E-state index in [4.69, 9.17) is 0 Å². The SMILES string of the molecule is CC(C)(C)N1C(=O)CC(C(=O)O)C1c1ccccc1Br. The summed E-state index contributed by atoms with van der Waals surface area (Å²) in [5.41, 5.74) is 0.432. The fraction of sp³-hybridized carbons (Fsp3) is 0.467. The van der Waals surface area contributed by atoms with Crippen LogP contribution in [0.15, 0.2) is 28.7 Å². The molecule has 1 N–H and O–H groups in total. The highest BCUT2D eigenvalue weighted by atomic mass is 79.9. The minimum Gasteiger partial charge on any atom is -0.481 e. The Hall–Kier alpha value is -1.36. The van der Waals surface area contributed by atoms with Crippen molar-refractivity contribution in [2.75, 3.05) is 0 Å². The van der Waals surface area contributed by atoms with Crippen molar-refractivity contribution in [2.45, 2.75) is 38.8 Å². The van der Waals surface area contributed by atoms with Crippen molar-refractivity contribution in [3.05, 3.63) is 34.3 Å². The Morgan fingerprint density at radius 2 is 1.95 bits per heavy atom. The summed E-state index contributed by atoms with van der Waals surface area (Å²) >= 11 is 3.47. The van der Waals surface area contributed by atoms with Gasteiger partial charge in [-0.15, -0.1) is 0 Å². The van der Waals surface area contributed by atoms with E-state index in [-0.39, 0.29) is 12.3 Å². The van der Waals surface area contributed by atoms with Crippen LogP contribution in [0.3, 0.4) is 0 Å². The maximum Gasteiger partial charge on any atom is 0.309 e. The first-order chi connectivity index (χ1) is 9.23. The Labute approximate surface area is 126 Å². The number of carbonyl (C=O) groups excluding carboxylic acids is 1. The highest BCUT2D eigenvalue weighted by molar-refractivity contribution is 9.10.